The molecule has 0 bridgehead atoms. The highest BCUT2D eigenvalue weighted by Crippen LogP contribution is 2.22. The van der Waals surface area contributed by atoms with E-state index in [1.807, 2.05) is 6.07 Å². The van der Waals surface area contributed by atoms with E-state index in [-0.39, 0.29) is 11.6 Å². The van der Waals surface area contributed by atoms with Crippen molar-refractivity contribution >= 4 is 0 Å². The van der Waals surface area contributed by atoms with Crippen molar-refractivity contribution in [2.45, 2.75) is 39.0 Å². The van der Waals surface area contributed by atoms with Gasteiger partial charge in [0.05, 0.1) is 5.56 Å². The summed E-state index contributed by atoms with van der Waals surface area (Å²) in [5.41, 5.74) is 3.34. The summed E-state index contributed by atoms with van der Waals surface area (Å²) in [4.78, 5) is 0. The Balaban J connectivity index is 1.62. The van der Waals surface area contributed by atoms with Crippen LogP contribution in [0.1, 0.15) is 54.0 Å². The van der Waals surface area contributed by atoms with Crippen molar-refractivity contribution in [3.05, 3.63) is 100 Å². The van der Waals surface area contributed by atoms with Gasteiger partial charge < -0.3 is 4.74 Å². The predicted molar refractivity (Wildman–Crippen MR) is 121 cm³/mol. The van der Waals surface area contributed by atoms with Gasteiger partial charge in [-0.15, -0.1) is 13.2 Å². The van der Waals surface area contributed by atoms with Crippen LogP contribution in [0.5, 0.6) is 5.75 Å². The van der Waals surface area contributed by atoms with Crippen molar-refractivity contribution in [1.82, 2.24) is 0 Å². The Labute approximate surface area is 191 Å². The Bertz CT molecular complexity index is 1190. The van der Waals surface area contributed by atoms with E-state index in [4.69, 9.17) is 0 Å². The molecule has 0 N–H and O–H groups in total. The predicted octanol–water partition coefficient (Wildman–Crippen LogP) is 7.26. The number of aryl methyl sites for hydroxylation is 1. The minimum Gasteiger partial charge on any atom is -0.406 e. The highest BCUT2D eigenvalue weighted by Gasteiger charge is 2.30. The monoisotopic (exact) mass is 450 g/mol. The maximum Gasteiger partial charge on any atom is 0.573 e. The molecule has 0 saturated carbocycles. The topological polar surface area (TPSA) is 9.23 Å². The number of hydrogen-bond acceptors (Lipinski definition) is 1. The Hall–Kier alpha value is -3.70. The lowest BCUT2D eigenvalue weighted by molar-refractivity contribution is -0.274. The number of hydrogen-bond donors (Lipinski definition) is 0. The molecular formula is C28H22F4O. The molecule has 0 aliphatic heterocycles. The molecule has 0 aromatic heterocycles. The zero-order chi connectivity index (χ0) is 23.7. The second kappa shape index (κ2) is 11.2. The average Bonchev–Trinajstić information content (AvgIpc) is 2.78. The van der Waals surface area contributed by atoms with Gasteiger partial charge in [-0.05, 0) is 79.1 Å². The van der Waals surface area contributed by atoms with Crippen LogP contribution in [0.4, 0.5) is 17.6 Å². The van der Waals surface area contributed by atoms with Crippen LogP contribution in [0.3, 0.4) is 0 Å². The Morgan fingerprint density at radius 3 is 1.79 bits per heavy atom. The number of benzene rings is 3. The van der Waals surface area contributed by atoms with Crippen LogP contribution in [0, 0.1) is 29.5 Å². The molecular weight excluding hydrogens is 428 g/mol. The first-order valence-corrected chi connectivity index (χ1v) is 10.6. The molecule has 33 heavy (non-hydrogen) atoms. The van der Waals surface area contributed by atoms with E-state index in [1.165, 1.54) is 24.3 Å². The van der Waals surface area contributed by atoms with Gasteiger partial charge in [-0.2, -0.15) is 0 Å². The van der Waals surface area contributed by atoms with Gasteiger partial charge in [0, 0.05) is 16.7 Å². The fourth-order valence-corrected chi connectivity index (χ4v) is 3.06. The van der Waals surface area contributed by atoms with Crippen LogP contribution in [0.15, 0.2) is 66.7 Å². The van der Waals surface area contributed by atoms with E-state index in [0.717, 1.165) is 42.4 Å². The molecule has 0 amide bonds. The van der Waals surface area contributed by atoms with E-state index < -0.39 is 6.36 Å². The van der Waals surface area contributed by atoms with Gasteiger partial charge in [0.15, 0.2) is 0 Å². The van der Waals surface area contributed by atoms with Crippen LogP contribution in [0.25, 0.3) is 0 Å². The van der Waals surface area contributed by atoms with Crippen molar-refractivity contribution < 1.29 is 22.3 Å². The van der Waals surface area contributed by atoms with E-state index in [9.17, 15) is 17.6 Å². The summed E-state index contributed by atoms with van der Waals surface area (Å²) in [5, 5.41) is 0. The highest BCUT2D eigenvalue weighted by molar-refractivity contribution is 5.48. The van der Waals surface area contributed by atoms with Gasteiger partial charge in [-0.1, -0.05) is 49.5 Å². The summed E-state index contributed by atoms with van der Waals surface area (Å²) < 4.78 is 54.8. The Morgan fingerprint density at radius 1 is 0.727 bits per heavy atom. The van der Waals surface area contributed by atoms with Crippen molar-refractivity contribution in [3.63, 3.8) is 0 Å². The molecule has 3 rings (SSSR count). The molecule has 0 atom stereocenters. The zero-order valence-corrected chi connectivity index (χ0v) is 18.1. The third kappa shape index (κ3) is 8.05. The first-order valence-electron chi connectivity index (χ1n) is 10.6. The molecule has 0 fully saturated rings. The smallest absolute Gasteiger partial charge is 0.406 e. The minimum absolute atomic E-state index is 0.293. The second-order valence-electron chi connectivity index (χ2n) is 7.42. The molecule has 1 nitrogen and oxygen atoms in total. The fourth-order valence-electron chi connectivity index (χ4n) is 3.06. The van der Waals surface area contributed by atoms with Crippen molar-refractivity contribution in [2.75, 3.05) is 0 Å². The standard InChI is InChI=1S/C28H22F4O/c1-2-3-4-5-24-13-17-25(27(29)20-24)16-12-22-9-6-21(7-10-22)8-11-23-14-18-26(19-15-23)33-28(30,31)32/h6-7,9-10,13-15,17-20H,2-5H2,1H3. The maximum absolute atomic E-state index is 14.3. The summed E-state index contributed by atoms with van der Waals surface area (Å²) in [6.07, 6.45) is -0.543. The number of unbranched alkanes of at least 4 members (excludes halogenated alkanes) is 2. The van der Waals surface area contributed by atoms with Crippen LogP contribution < -0.4 is 4.74 Å². The summed E-state index contributed by atoms with van der Waals surface area (Å²) in [6, 6.07) is 17.7. The zero-order valence-electron chi connectivity index (χ0n) is 18.1. The molecule has 0 spiro atoms. The minimum atomic E-state index is -4.72. The highest BCUT2D eigenvalue weighted by atomic mass is 19.4. The number of ether oxygens (including phenoxy) is 1. The van der Waals surface area contributed by atoms with Crippen LogP contribution in [-0.2, 0) is 6.42 Å². The first-order chi connectivity index (χ1) is 15.8. The Morgan fingerprint density at radius 2 is 1.27 bits per heavy atom. The van der Waals surface area contributed by atoms with Gasteiger partial charge in [-0.25, -0.2) is 4.39 Å². The number of halogens is 4. The normalized spacial score (nSPS) is 10.6. The Kier molecular flexibility index (Phi) is 8.17. The first kappa shape index (κ1) is 24.0. The number of rotatable bonds is 5. The molecule has 0 aliphatic carbocycles. The molecule has 5 heteroatoms. The van der Waals surface area contributed by atoms with Gasteiger partial charge in [0.1, 0.15) is 11.6 Å². The lowest BCUT2D eigenvalue weighted by Gasteiger charge is -2.07. The third-order valence-electron chi connectivity index (χ3n) is 4.77. The number of alkyl halides is 3. The molecule has 0 unspecified atom stereocenters. The molecule has 168 valence electrons. The lowest BCUT2D eigenvalue weighted by Crippen LogP contribution is -2.16. The van der Waals surface area contributed by atoms with Gasteiger partial charge in [0.2, 0.25) is 0 Å². The molecule has 0 aliphatic rings. The lowest BCUT2D eigenvalue weighted by atomic mass is 10.0. The molecule has 0 saturated heterocycles. The summed E-state index contributed by atoms with van der Waals surface area (Å²) in [6.45, 7) is 2.14. The summed E-state index contributed by atoms with van der Waals surface area (Å²) >= 11 is 0. The van der Waals surface area contributed by atoms with Crippen molar-refractivity contribution in [1.29, 1.82) is 0 Å². The largest absolute Gasteiger partial charge is 0.573 e. The summed E-state index contributed by atoms with van der Waals surface area (Å²) in [7, 11) is 0. The molecule has 3 aromatic rings. The van der Waals surface area contributed by atoms with Gasteiger partial charge >= 0.3 is 6.36 Å². The second-order valence-corrected chi connectivity index (χ2v) is 7.42. The molecule has 3 aromatic carbocycles. The third-order valence-corrected chi connectivity index (χ3v) is 4.77. The SMILES string of the molecule is CCCCCc1ccc(C#Cc2ccc(C#Cc3ccc(OC(F)(F)F)cc3)cc2)c(F)c1. The van der Waals surface area contributed by atoms with Crippen LogP contribution in [0.2, 0.25) is 0 Å². The molecule has 0 radical (unpaired) electrons. The average molecular weight is 450 g/mol. The van der Waals surface area contributed by atoms with E-state index in [0.29, 0.717) is 11.1 Å². The van der Waals surface area contributed by atoms with Crippen LogP contribution in [-0.4, -0.2) is 6.36 Å². The van der Waals surface area contributed by atoms with Crippen molar-refractivity contribution in [2.24, 2.45) is 0 Å². The molecule has 0 heterocycles. The van der Waals surface area contributed by atoms with Crippen LogP contribution >= 0.6 is 0 Å². The fraction of sp³-hybridized carbons (Fsp3) is 0.214. The van der Waals surface area contributed by atoms with Gasteiger partial charge in [0.25, 0.3) is 0 Å². The van der Waals surface area contributed by atoms with E-state index in [1.54, 1.807) is 36.4 Å². The summed E-state index contributed by atoms with van der Waals surface area (Å²) in [5.74, 6) is 11.0. The van der Waals surface area contributed by atoms with Crippen molar-refractivity contribution in [3.8, 4) is 29.4 Å². The maximum atomic E-state index is 14.3. The van der Waals surface area contributed by atoms with E-state index in [2.05, 4.69) is 35.3 Å². The van der Waals surface area contributed by atoms with Gasteiger partial charge in [-0.3, -0.25) is 0 Å². The quantitative estimate of drug-likeness (QED) is 0.226. The van der Waals surface area contributed by atoms with E-state index >= 15 is 0 Å².